The van der Waals surface area contributed by atoms with Gasteiger partial charge < -0.3 is 5.11 Å². The van der Waals surface area contributed by atoms with Gasteiger partial charge in [-0.1, -0.05) is 31.2 Å². The van der Waals surface area contributed by atoms with Crippen molar-refractivity contribution >= 4 is 0 Å². The molecule has 0 spiro atoms. The van der Waals surface area contributed by atoms with E-state index in [0.717, 1.165) is 12.8 Å². The smallest absolute Gasteiger partial charge is 0.263 e. The van der Waals surface area contributed by atoms with Gasteiger partial charge in [-0.3, -0.25) is 0 Å². The van der Waals surface area contributed by atoms with Gasteiger partial charge in [-0.15, -0.1) is 0 Å². The SMILES string of the molecule is CC1CCC(C#N)(C(O)c2ccc(C(F)F)cc2)CC1. The van der Waals surface area contributed by atoms with Gasteiger partial charge in [-0.05, 0) is 37.2 Å². The molecule has 0 aromatic heterocycles. The molecule has 4 heteroatoms. The van der Waals surface area contributed by atoms with Gasteiger partial charge in [0.25, 0.3) is 6.43 Å². The molecular formula is C16H19F2NO. The molecule has 1 unspecified atom stereocenters. The molecule has 1 aromatic carbocycles. The second-order valence-corrected chi connectivity index (χ2v) is 5.82. The number of aliphatic hydroxyl groups excluding tert-OH is 1. The number of hydrogen-bond donors (Lipinski definition) is 1. The van der Waals surface area contributed by atoms with Crippen molar-refractivity contribution in [3.63, 3.8) is 0 Å². The summed E-state index contributed by atoms with van der Waals surface area (Å²) in [4.78, 5) is 0. The van der Waals surface area contributed by atoms with Crippen LogP contribution < -0.4 is 0 Å². The number of halogens is 2. The molecule has 1 atom stereocenters. The van der Waals surface area contributed by atoms with E-state index < -0.39 is 17.9 Å². The zero-order valence-electron chi connectivity index (χ0n) is 11.5. The van der Waals surface area contributed by atoms with Gasteiger partial charge >= 0.3 is 0 Å². The molecule has 108 valence electrons. The first-order valence-corrected chi connectivity index (χ1v) is 6.96. The number of nitrogens with zero attached hydrogens (tertiary/aromatic N) is 1. The van der Waals surface area contributed by atoms with Gasteiger partial charge in [-0.25, -0.2) is 8.78 Å². The topological polar surface area (TPSA) is 44.0 Å². The van der Waals surface area contributed by atoms with E-state index >= 15 is 0 Å². The molecule has 1 aliphatic carbocycles. The Balaban J connectivity index is 2.20. The first-order chi connectivity index (χ1) is 9.48. The largest absolute Gasteiger partial charge is 0.387 e. The third-order valence-corrected chi connectivity index (χ3v) is 4.42. The minimum Gasteiger partial charge on any atom is -0.387 e. The molecular weight excluding hydrogens is 260 g/mol. The van der Waals surface area contributed by atoms with E-state index in [9.17, 15) is 19.1 Å². The van der Waals surface area contributed by atoms with Crippen molar-refractivity contribution in [1.29, 1.82) is 5.26 Å². The molecule has 0 aliphatic heterocycles. The lowest BCUT2D eigenvalue weighted by molar-refractivity contribution is 0.0266. The van der Waals surface area contributed by atoms with E-state index in [1.54, 1.807) is 0 Å². The summed E-state index contributed by atoms with van der Waals surface area (Å²) in [6.07, 6.45) is -0.280. The Morgan fingerprint density at radius 2 is 1.70 bits per heavy atom. The standard InChI is InChI=1S/C16H19F2NO/c1-11-6-8-16(10-19,9-7-11)14(20)12-2-4-13(5-3-12)15(17)18/h2-5,11,14-15,20H,6-9H2,1H3. The Morgan fingerprint density at radius 3 is 2.15 bits per heavy atom. The second kappa shape index (κ2) is 5.88. The normalized spacial score (nSPS) is 28.1. The molecule has 0 saturated heterocycles. The highest BCUT2D eigenvalue weighted by atomic mass is 19.3. The van der Waals surface area contributed by atoms with Crippen LogP contribution in [0.1, 0.15) is 56.3 Å². The van der Waals surface area contributed by atoms with E-state index in [1.807, 2.05) is 0 Å². The van der Waals surface area contributed by atoms with Gasteiger partial charge in [0.15, 0.2) is 0 Å². The minimum absolute atomic E-state index is 0.0655. The maximum atomic E-state index is 12.5. The molecule has 0 heterocycles. The number of benzene rings is 1. The van der Waals surface area contributed by atoms with E-state index in [-0.39, 0.29) is 5.56 Å². The lowest BCUT2D eigenvalue weighted by Gasteiger charge is -2.37. The highest BCUT2D eigenvalue weighted by molar-refractivity contribution is 5.28. The lowest BCUT2D eigenvalue weighted by Crippen LogP contribution is -2.32. The number of aliphatic hydroxyl groups is 1. The summed E-state index contributed by atoms with van der Waals surface area (Å²) >= 11 is 0. The van der Waals surface area contributed by atoms with Crippen LogP contribution in [-0.2, 0) is 0 Å². The third kappa shape index (κ3) is 2.83. The van der Waals surface area contributed by atoms with Gasteiger partial charge in [0.2, 0.25) is 0 Å². The minimum atomic E-state index is -2.51. The molecule has 1 saturated carbocycles. The second-order valence-electron chi connectivity index (χ2n) is 5.82. The summed E-state index contributed by atoms with van der Waals surface area (Å²) in [6, 6.07) is 7.92. The summed E-state index contributed by atoms with van der Waals surface area (Å²) in [5.74, 6) is 0.574. The number of alkyl halides is 2. The van der Waals surface area contributed by atoms with E-state index in [0.29, 0.717) is 24.3 Å². The van der Waals surface area contributed by atoms with Crippen molar-refractivity contribution < 1.29 is 13.9 Å². The summed E-state index contributed by atoms with van der Waals surface area (Å²) in [5, 5.41) is 20.0. The van der Waals surface area contributed by atoms with Crippen LogP contribution in [0, 0.1) is 22.7 Å². The van der Waals surface area contributed by atoms with Gasteiger partial charge in [-0.2, -0.15) is 5.26 Å². The Morgan fingerprint density at radius 1 is 1.20 bits per heavy atom. The maximum absolute atomic E-state index is 12.5. The van der Waals surface area contributed by atoms with Crippen LogP contribution in [-0.4, -0.2) is 5.11 Å². The van der Waals surface area contributed by atoms with Crippen LogP contribution in [0.15, 0.2) is 24.3 Å². The average Bonchev–Trinajstić information content (AvgIpc) is 2.48. The van der Waals surface area contributed by atoms with Crippen LogP contribution in [0.5, 0.6) is 0 Å². The van der Waals surface area contributed by atoms with E-state index in [1.165, 1.54) is 24.3 Å². The molecule has 1 N–H and O–H groups in total. The van der Waals surface area contributed by atoms with Crippen molar-refractivity contribution in [3.05, 3.63) is 35.4 Å². The van der Waals surface area contributed by atoms with Crippen molar-refractivity contribution in [2.45, 2.75) is 45.1 Å². The summed E-state index contributed by atoms with van der Waals surface area (Å²) < 4.78 is 25.0. The van der Waals surface area contributed by atoms with Crippen LogP contribution in [0.4, 0.5) is 8.78 Å². The van der Waals surface area contributed by atoms with Crippen LogP contribution in [0.2, 0.25) is 0 Å². The fraction of sp³-hybridized carbons (Fsp3) is 0.562. The highest BCUT2D eigenvalue weighted by Gasteiger charge is 2.41. The molecule has 20 heavy (non-hydrogen) atoms. The number of rotatable bonds is 3. The first-order valence-electron chi connectivity index (χ1n) is 6.96. The molecule has 1 aromatic rings. The zero-order chi connectivity index (χ0) is 14.8. The van der Waals surface area contributed by atoms with E-state index in [4.69, 9.17) is 0 Å². The van der Waals surface area contributed by atoms with Crippen molar-refractivity contribution in [2.75, 3.05) is 0 Å². The van der Waals surface area contributed by atoms with Crippen molar-refractivity contribution in [1.82, 2.24) is 0 Å². The van der Waals surface area contributed by atoms with Gasteiger partial charge in [0.1, 0.15) is 0 Å². The number of nitriles is 1. The van der Waals surface area contributed by atoms with Gasteiger partial charge in [0.05, 0.1) is 17.6 Å². The fourth-order valence-corrected chi connectivity index (χ4v) is 2.87. The zero-order valence-corrected chi connectivity index (χ0v) is 11.5. The monoisotopic (exact) mass is 279 g/mol. The van der Waals surface area contributed by atoms with Crippen molar-refractivity contribution in [3.8, 4) is 6.07 Å². The van der Waals surface area contributed by atoms with E-state index in [2.05, 4.69) is 13.0 Å². The molecule has 2 rings (SSSR count). The van der Waals surface area contributed by atoms with Crippen LogP contribution >= 0.6 is 0 Å². The quantitative estimate of drug-likeness (QED) is 0.892. The lowest BCUT2D eigenvalue weighted by atomic mass is 9.67. The third-order valence-electron chi connectivity index (χ3n) is 4.42. The maximum Gasteiger partial charge on any atom is 0.263 e. The summed E-state index contributed by atoms with van der Waals surface area (Å²) in [6.45, 7) is 2.14. The fourth-order valence-electron chi connectivity index (χ4n) is 2.87. The molecule has 1 aliphatic rings. The molecule has 2 nitrogen and oxygen atoms in total. The molecule has 0 radical (unpaired) electrons. The Bertz CT molecular complexity index is 484. The predicted molar refractivity (Wildman–Crippen MR) is 72.0 cm³/mol. The summed E-state index contributed by atoms with van der Waals surface area (Å²) in [5.41, 5.74) is -0.298. The van der Waals surface area contributed by atoms with Crippen LogP contribution in [0.3, 0.4) is 0 Å². The average molecular weight is 279 g/mol. The number of hydrogen-bond acceptors (Lipinski definition) is 2. The molecule has 0 amide bonds. The van der Waals surface area contributed by atoms with Crippen LogP contribution in [0.25, 0.3) is 0 Å². The molecule has 0 bridgehead atoms. The first kappa shape index (κ1) is 14.9. The molecule has 1 fully saturated rings. The van der Waals surface area contributed by atoms with Crippen molar-refractivity contribution in [2.24, 2.45) is 11.3 Å². The van der Waals surface area contributed by atoms with Gasteiger partial charge in [0, 0.05) is 5.56 Å². The highest BCUT2D eigenvalue weighted by Crippen LogP contribution is 2.47. The Kier molecular flexibility index (Phi) is 4.39. The predicted octanol–water partition coefficient (Wildman–Crippen LogP) is 4.38. The Labute approximate surface area is 118 Å². The summed E-state index contributed by atoms with van der Waals surface area (Å²) in [7, 11) is 0. The Hall–Kier alpha value is -1.47.